The van der Waals surface area contributed by atoms with E-state index in [4.69, 9.17) is 4.74 Å². The maximum absolute atomic E-state index is 12.8. The number of hydrogen-bond acceptors (Lipinski definition) is 5. The summed E-state index contributed by atoms with van der Waals surface area (Å²) in [6, 6.07) is 15.8. The topological polar surface area (TPSA) is 82.0 Å². The largest absolute Gasteiger partial charge is 0.448 e. The molecule has 0 unspecified atom stereocenters. The summed E-state index contributed by atoms with van der Waals surface area (Å²) in [6.45, 7) is 1.78. The fraction of sp³-hybridized carbons (Fsp3) is 0.409. The molecule has 28 heavy (non-hydrogen) atoms. The van der Waals surface area contributed by atoms with Gasteiger partial charge in [-0.15, -0.1) is 0 Å². The van der Waals surface area contributed by atoms with Crippen molar-refractivity contribution in [2.24, 2.45) is 5.92 Å². The first-order valence-electron chi connectivity index (χ1n) is 9.77. The van der Waals surface area contributed by atoms with Gasteiger partial charge in [0, 0.05) is 31.5 Å². The van der Waals surface area contributed by atoms with Crippen LogP contribution < -0.4 is 5.32 Å². The lowest BCUT2D eigenvalue weighted by Gasteiger charge is -2.36. The molecule has 1 amide bonds. The van der Waals surface area contributed by atoms with Gasteiger partial charge >= 0.3 is 6.09 Å². The second-order valence-electron chi connectivity index (χ2n) is 7.50. The van der Waals surface area contributed by atoms with Gasteiger partial charge in [0.05, 0.1) is 19.3 Å². The van der Waals surface area contributed by atoms with Crippen LogP contribution in [-0.4, -0.2) is 66.7 Å². The Morgan fingerprint density at radius 3 is 2.11 bits per heavy atom. The van der Waals surface area contributed by atoms with Crippen LogP contribution in [0, 0.1) is 5.92 Å². The van der Waals surface area contributed by atoms with E-state index >= 15 is 0 Å². The van der Waals surface area contributed by atoms with Crippen molar-refractivity contribution in [3.8, 4) is 11.1 Å². The molecule has 148 valence electrons. The van der Waals surface area contributed by atoms with Crippen LogP contribution >= 0.6 is 0 Å². The van der Waals surface area contributed by atoms with Gasteiger partial charge in [-0.05, 0) is 22.3 Å². The van der Waals surface area contributed by atoms with Gasteiger partial charge in [0.25, 0.3) is 0 Å². The lowest BCUT2D eigenvalue weighted by atomic mass is 9.98. The lowest BCUT2D eigenvalue weighted by Crippen LogP contribution is -2.54. The molecule has 3 N–H and O–H groups in total. The number of rotatable bonds is 7. The van der Waals surface area contributed by atoms with Crippen molar-refractivity contribution in [2.75, 3.05) is 39.5 Å². The molecule has 2 aromatic carbocycles. The zero-order valence-electron chi connectivity index (χ0n) is 15.8. The summed E-state index contributed by atoms with van der Waals surface area (Å²) >= 11 is 0. The third-order valence-electron chi connectivity index (χ3n) is 5.75. The Bertz CT molecular complexity index is 787. The normalized spacial score (nSPS) is 15.8. The molecule has 0 atom stereocenters. The smallest absolute Gasteiger partial charge is 0.410 e. The minimum absolute atomic E-state index is 0.00901. The Balaban J connectivity index is 1.50. The van der Waals surface area contributed by atoms with Crippen LogP contribution in [0.25, 0.3) is 11.1 Å². The molecule has 4 rings (SSSR count). The summed E-state index contributed by atoms with van der Waals surface area (Å²) in [5.41, 5.74) is 4.68. The number of aliphatic hydroxyl groups is 2. The number of hydrogen-bond donors (Lipinski definition) is 3. The molecule has 6 heteroatoms. The third-order valence-corrected chi connectivity index (χ3v) is 5.75. The molecule has 1 heterocycles. The zero-order chi connectivity index (χ0) is 19.5. The van der Waals surface area contributed by atoms with Gasteiger partial charge in [-0.25, -0.2) is 4.79 Å². The molecule has 0 radical (unpaired) electrons. The molecule has 1 saturated heterocycles. The maximum Gasteiger partial charge on any atom is 0.410 e. The fourth-order valence-electron chi connectivity index (χ4n) is 4.06. The number of fused-ring (bicyclic) bond motifs is 3. The van der Waals surface area contributed by atoms with Gasteiger partial charge in [-0.2, -0.15) is 0 Å². The van der Waals surface area contributed by atoms with Crippen LogP contribution in [0.5, 0.6) is 0 Å². The van der Waals surface area contributed by atoms with E-state index in [9.17, 15) is 15.0 Å². The predicted molar refractivity (Wildman–Crippen MR) is 106 cm³/mol. The van der Waals surface area contributed by atoms with Crippen molar-refractivity contribution in [1.82, 2.24) is 10.2 Å². The van der Waals surface area contributed by atoms with Gasteiger partial charge < -0.3 is 25.2 Å². The molecule has 0 spiro atoms. The summed E-state index contributed by atoms with van der Waals surface area (Å²) in [6.07, 6.45) is -0.484. The molecule has 2 aromatic rings. The van der Waals surface area contributed by atoms with E-state index in [1.807, 2.05) is 24.3 Å². The number of ether oxygens (including phenoxy) is 1. The summed E-state index contributed by atoms with van der Waals surface area (Å²) < 4.78 is 5.70. The number of aliphatic hydroxyl groups excluding tert-OH is 2. The average Bonchev–Trinajstić information content (AvgIpc) is 3.02. The molecule has 0 aromatic heterocycles. The van der Waals surface area contributed by atoms with Crippen LogP contribution in [-0.2, 0) is 4.74 Å². The zero-order valence-corrected chi connectivity index (χ0v) is 15.8. The molecule has 0 bridgehead atoms. The highest BCUT2D eigenvalue weighted by Gasteiger charge is 2.32. The molecule has 0 saturated carbocycles. The number of carbonyl (C=O) groups excluding carboxylic acids is 1. The number of benzene rings is 2. The Morgan fingerprint density at radius 2 is 1.61 bits per heavy atom. The van der Waals surface area contributed by atoms with E-state index in [0.29, 0.717) is 12.5 Å². The van der Waals surface area contributed by atoms with E-state index in [0.717, 1.165) is 24.2 Å². The van der Waals surface area contributed by atoms with Gasteiger partial charge in [0.2, 0.25) is 0 Å². The highest BCUT2D eigenvalue weighted by Crippen LogP contribution is 2.44. The van der Waals surface area contributed by atoms with Crippen LogP contribution in [0.1, 0.15) is 17.0 Å². The van der Waals surface area contributed by atoms with Crippen molar-refractivity contribution in [3.05, 3.63) is 59.7 Å². The van der Waals surface area contributed by atoms with Crippen LogP contribution in [0.4, 0.5) is 4.79 Å². The minimum Gasteiger partial charge on any atom is -0.448 e. The molecule has 1 aliphatic carbocycles. The first kappa shape index (κ1) is 18.9. The lowest BCUT2D eigenvalue weighted by molar-refractivity contribution is 0.0350. The van der Waals surface area contributed by atoms with E-state index in [1.165, 1.54) is 16.0 Å². The van der Waals surface area contributed by atoms with E-state index in [-0.39, 0.29) is 25.7 Å². The molecule has 6 nitrogen and oxygen atoms in total. The number of carbonyl (C=O) groups is 1. The first-order chi connectivity index (χ1) is 13.7. The van der Waals surface area contributed by atoms with Gasteiger partial charge in [-0.3, -0.25) is 0 Å². The highest BCUT2D eigenvalue weighted by molar-refractivity contribution is 5.79. The van der Waals surface area contributed by atoms with E-state index in [2.05, 4.69) is 29.6 Å². The van der Waals surface area contributed by atoms with E-state index in [1.54, 1.807) is 0 Å². The number of nitrogens with one attached hydrogen (secondary N) is 1. The second-order valence-corrected chi connectivity index (χ2v) is 7.50. The van der Waals surface area contributed by atoms with Crippen molar-refractivity contribution >= 4 is 6.09 Å². The summed E-state index contributed by atoms with van der Waals surface area (Å²) in [5, 5.41) is 22.3. The monoisotopic (exact) mass is 382 g/mol. The molecular formula is C22H26N2O4. The standard InChI is InChI=1S/C22H26N2O4/c25-12-16(13-26)24(11-15-9-23-10-15)22(27)28-14-21-19-7-3-1-5-17(19)18-6-2-4-8-20(18)21/h1-8,15-16,21,23,25-26H,9-14H2. The van der Waals surface area contributed by atoms with Gasteiger partial charge in [0.15, 0.2) is 0 Å². The second kappa shape index (κ2) is 8.31. The Hall–Kier alpha value is -2.41. The first-order valence-corrected chi connectivity index (χ1v) is 9.77. The van der Waals surface area contributed by atoms with Gasteiger partial charge in [0.1, 0.15) is 6.61 Å². The fourth-order valence-corrected chi connectivity index (χ4v) is 4.06. The summed E-state index contributed by atoms with van der Waals surface area (Å²) in [7, 11) is 0. The minimum atomic E-state index is -0.642. The molecule has 1 aliphatic heterocycles. The third kappa shape index (κ3) is 3.51. The van der Waals surface area contributed by atoms with E-state index < -0.39 is 12.1 Å². The summed E-state index contributed by atoms with van der Waals surface area (Å²) in [4.78, 5) is 14.3. The Labute approximate surface area is 164 Å². The SMILES string of the molecule is O=C(OCC1c2ccccc2-c2ccccc21)N(CC1CNC1)C(CO)CO. The quantitative estimate of drug-likeness (QED) is 0.680. The molecule has 1 fully saturated rings. The average molecular weight is 382 g/mol. The molecular weight excluding hydrogens is 356 g/mol. The summed E-state index contributed by atoms with van der Waals surface area (Å²) in [5.74, 6) is 0.311. The van der Waals surface area contributed by atoms with Crippen LogP contribution in [0.15, 0.2) is 48.5 Å². The predicted octanol–water partition coefficient (Wildman–Crippen LogP) is 1.81. The Kier molecular flexibility index (Phi) is 5.62. The van der Waals surface area contributed by atoms with Crippen molar-refractivity contribution in [3.63, 3.8) is 0 Å². The van der Waals surface area contributed by atoms with Crippen LogP contribution in [0.2, 0.25) is 0 Å². The van der Waals surface area contributed by atoms with Gasteiger partial charge in [-0.1, -0.05) is 48.5 Å². The van der Waals surface area contributed by atoms with Crippen LogP contribution in [0.3, 0.4) is 0 Å². The molecule has 2 aliphatic rings. The van der Waals surface area contributed by atoms with Crippen molar-refractivity contribution < 1.29 is 19.7 Å². The van der Waals surface area contributed by atoms with Crippen molar-refractivity contribution in [2.45, 2.75) is 12.0 Å². The number of amides is 1. The highest BCUT2D eigenvalue weighted by atomic mass is 16.6. The Morgan fingerprint density at radius 1 is 1.04 bits per heavy atom. The number of nitrogens with zero attached hydrogens (tertiary/aromatic N) is 1. The van der Waals surface area contributed by atoms with Crippen molar-refractivity contribution in [1.29, 1.82) is 0 Å². The maximum atomic E-state index is 12.8.